The predicted molar refractivity (Wildman–Crippen MR) is 167 cm³/mol. The van der Waals surface area contributed by atoms with Gasteiger partial charge in [0.2, 0.25) is 11.8 Å². The first-order valence-electron chi connectivity index (χ1n) is 14.4. The molecule has 0 spiro atoms. The van der Waals surface area contributed by atoms with Gasteiger partial charge in [-0.15, -0.1) is 0 Å². The van der Waals surface area contributed by atoms with Crippen LogP contribution in [0.4, 0.5) is 18.9 Å². The number of rotatable bonds is 13. The van der Waals surface area contributed by atoms with Crippen molar-refractivity contribution in [2.24, 2.45) is 0 Å². The van der Waals surface area contributed by atoms with Crippen LogP contribution in [0.2, 0.25) is 0 Å². The minimum absolute atomic E-state index is 0.0431. The topological polar surface area (TPSA) is 86.8 Å². The molecule has 11 heteroatoms. The lowest BCUT2D eigenvalue weighted by Crippen LogP contribution is -2.53. The Morgan fingerprint density at radius 2 is 1.38 bits per heavy atom. The van der Waals surface area contributed by atoms with Crippen molar-refractivity contribution < 1.29 is 31.2 Å². The molecule has 4 aromatic rings. The fourth-order valence-electron chi connectivity index (χ4n) is 4.79. The molecule has 4 aromatic carbocycles. The Bertz CT molecular complexity index is 1670. The van der Waals surface area contributed by atoms with Gasteiger partial charge in [0.15, 0.2) is 0 Å². The highest BCUT2D eigenvalue weighted by Gasteiger charge is 2.36. The van der Waals surface area contributed by atoms with E-state index in [-0.39, 0.29) is 23.5 Å². The van der Waals surface area contributed by atoms with Crippen molar-refractivity contribution in [2.75, 3.05) is 17.4 Å². The van der Waals surface area contributed by atoms with Gasteiger partial charge in [-0.25, -0.2) is 8.42 Å². The van der Waals surface area contributed by atoms with Gasteiger partial charge in [-0.3, -0.25) is 13.9 Å². The summed E-state index contributed by atoms with van der Waals surface area (Å²) >= 11 is 0. The molecule has 0 bridgehead atoms. The van der Waals surface area contributed by atoms with Crippen molar-refractivity contribution >= 4 is 27.5 Å². The number of nitrogens with zero attached hydrogens (tertiary/aromatic N) is 2. The Morgan fingerprint density at radius 1 is 0.800 bits per heavy atom. The van der Waals surface area contributed by atoms with Gasteiger partial charge in [0.05, 0.1) is 16.1 Å². The highest BCUT2D eigenvalue weighted by atomic mass is 32.2. The van der Waals surface area contributed by atoms with Crippen LogP contribution in [0.5, 0.6) is 0 Å². The molecule has 0 heterocycles. The molecule has 1 N–H and O–H groups in total. The smallest absolute Gasteiger partial charge is 0.354 e. The van der Waals surface area contributed by atoms with Gasteiger partial charge in [-0.2, -0.15) is 13.2 Å². The van der Waals surface area contributed by atoms with E-state index >= 15 is 0 Å². The summed E-state index contributed by atoms with van der Waals surface area (Å²) in [6.45, 7) is 1.35. The third-order valence-corrected chi connectivity index (χ3v) is 8.88. The number of carbonyl (C=O) groups is 2. The quantitative estimate of drug-likeness (QED) is 0.193. The summed E-state index contributed by atoms with van der Waals surface area (Å²) in [5, 5.41) is 2.85. The molecule has 0 saturated carbocycles. The third-order valence-electron chi connectivity index (χ3n) is 7.09. The van der Waals surface area contributed by atoms with Crippen LogP contribution in [0.1, 0.15) is 30.0 Å². The Kier molecular flexibility index (Phi) is 11.0. The Morgan fingerprint density at radius 3 is 1.96 bits per heavy atom. The van der Waals surface area contributed by atoms with Crippen molar-refractivity contribution in [1.29, 1.82) is 0 Å². The Balaban J connectivity index is 1.81. The van der Waals surface area contributed by atoms with Gasteiger partial charge < -0.3 is 10.2 Å². The number of nitrogens with one attached hydrogen (secondary N) is 1. The highest BCUT2D eigenvalue weighted by molar-refractivity contribution is 7.92. The molecule has 0 aliphatic heterocycles. The van der Waals surface area contributed by atoms with Crippen LogP contribution in [0.3, 0.4) is 0 Å². The molecule has 0 saturated heterocycles. The van der Waals surface area contributed by atoms with Crippen molar-refractivity contribution in [3.8, 4) is 0 Å². The SMILES string of the molecule is CCCNC(=O)C(Cc1ccccc1)N(Cc1ccccc1)C(=O)CN(c1cccc(C(F)(F)F)c1)S(=O)(=O)c1ccccc1. The van der Waals surface area contributed by atoms with Gasteiger partial charge >= 0.3 is 6.18 Å². The van der Waals surface area contributed by atoms with Crippen LogP contribution in [0.25, 0.3) is 0 Å². The molecular formula is C34H34F3N3O4S. The fourth-order valence-corrected chi connectivity index (χ4v) is 6.21. The Labute approximate surface area is 261 Å². The molecule has 1 atom stereocenters. The maximum Gasteiger partial charge on any atom is 0.416 e. The summed E-state index contributed by atoms with van der Waals surface area (Å²) in [4.78, 5) is 29.0. The van der Waals surface area contributed by atoms with Crippen molar-refractivity contribution in [2.45, 2.75) is 43.4 Å². The van der Waals surface area contributed by atoms with Crippen LogP contribution in [0.15, 0.2) is 120 Å². The molecule has 0 fully saturated rings. The second-order valence-electron chi connectivity index (χ2n) is 10.4. The normalized spacial score (nSPS) is 12.3. The van der Waals surface area contributed by atoms with E-state index in [4.69, 9.17) is 0 Å². The second kappa shape index (κ2) is 14.9. The first-order valence-corrected chi connectivity index (χ1v) is 15.8. The zero-order valence-electron chi connectivity index (χ0n) is 24.7. The third kappa shape index (κ3) is 8.72. The van der Waals surface area contributed by atoms with Gasteiger partial charge in [0.25, 0.3) is 10.0 Å². The van der Waals surface area contributed by atoms with Crippen LogP contribution in [-0.2, 0) is 38.8 Å². The molecule has 1 unspecified atom stereocenters. The van der Waals surface area contributed by atoms with E-state index in [1.54, 1.807) is 36.4 Å². The monoisotopic (exact) mass is 637 g/mol. The van der Waals surface area contributed by atoms with Crippen LogP contribution >= 0.6 is 0 Å². The largest absolute Gasteiger partial charge is 0.416 e. The minimum atomic E-state index is -4.75. The number of carbonyl (C=O) groups excluding carboxylic acids is 2. The van der Waals surface area contributed by atoms with Gasteiger partial charge in [-0.1, -0.05) is 91.9 Å². The molecular weight excluding hydrogens is 603 g/mol. The van der Waals surface area contributed by atoms with E-state index < -0.39 is 46.2 Å². The van der Waals surface area contributed by atoms with Crippen LogP contribution < -0.4 is 9.62 Å². The molecule has 7 nitrogen and oxygen atoms in total. The number of anilines is 1. The lowest BCUT2D eigenvalue weighted by molar-refractivity contribution is -0.140. The van der Waals surface area contributed by atoms with E-state index in [2.05, 4.69) is 5.32 Å². The number of alkyl halides is 3. The van der Waals surface area contributed by atoms with E-state index in [0.29, 0.717) is 28.9 Å². The summed E-state index contributed by atoms with van der Waals surface area (Å²) in [6.07, 6.45) is -3.97. The first kappa shape index (κ1) is 33.3. The summed E-state index contributed by atoms with van der Waals surface area (Å²) in [7, 11) is -4.52. The predicted octanol–water partition coefficient (Wildman–Crippen LogP) is 6.07. The molecule has 0 aliphatic rings. The first-order chi connectivity index (χ1) is 21.5. The van der Waals surface area contributed by atoms with Crippen LogP contribution in [0, 0.1) is 0 Å². The second-order valence-corrected chi connectivity index (χ2v) is 12.2. The number of amides is 2. The molecule has 236 valence electrons. The summed E-state index contributed by atoms with van der Waals surface area (Å²) < 4.78 is 69.6. The number of sulfonamides is 1. The fraction of sp³-hybridized carbons (Fsp3) is 0.235. The zero-order chi connectivity index (χ0) is 32.5. The van der Waals surface area contributed by atoms with E-state index in [9.17, 15) is 31.2 Å². The molecule has 4 rings (SSSR count). The molecule has 0 aromatic heterocycles. The number of benzene rings is 4. The lowest BCUT2D eigenvalue weighted by Gasteiger charge is -2.34. The standard InChI is InChI=1S/C34H34F3N3O4S/c1-2-21-38-33(42)31(22-26-13-6-3-7-14-26)39(24-27-15-8-4-9-16-27)32(41)25-40(45(43,44)30-19-10-5-11-20-30)29-18-12-17-28(23-29)34(35,36)37/h3-20,23,31H,2,21-22,24-25H2,1H3,(H,38,42). The number of hydrogen-bond donors (Lipinski definition) is 1. The van der Waals surface area contributed by atoms with Crippen molar-refractivity contribution in [3.63, 3.8) is 0 Å². The molecule has 0 aliphatic carbocycles. The highest BCUT2D eigenvalue weighted by Crippen LogP contribution is 2.33. The summed E-state index contributed by atoms with van der Waals surface area (Å²) in [6, 6.07) is 27.9. The Hall–Kier alpha value is -4.64. The van der Waals surface area contributed by atoms with Gasteiger partial charge in [0, 0.05) is 19.5 Å². The minimum Gasteiger partial charge on any atom is -0.354 e. The lowest BCUT2D eigenvalue weighted by atomic mass is 10.0. The number of hydrogen-bond acceptors (Lipinski definition) is 4. The van der Waals surface area contributed by atoms with Crippen LogP contribution in [-0.4, -0.2) is 44.3 Å². The van der Waals surface area contributed by atoms with E-state index in [1.807, 2.05) is 37.3 Å². The summed E-state index contributed by atoms with van der Waals surface area (Å²) in [5.74, 6) is -1.19. The maximum absolute atomic E-state index is 14.3. The number of halogens is 3. The van der Waals surface area contributed by atoms with Gasteiger partial charge in [0.1, 0.15) is 12.6 Å². The van der Waals surface area contributed by atoms with Gasteiger partial charge in [-0.05, 0) is 47.9 Å². The van der Waals surface area contributed by atoms with E-state index in [0.717, 1.165) is 17.7 Å². The molecule has 2 amide bonds. The zero-order valence-corrected chi connectivity index (χ0v) is 25.5. The van der Waals surface area contributed by atoms with E-state index in [1.165, 1.54) is 35.2 Å². The molecule has 0 radical (unpaired) electrons. The van der Waals surface area contributed by atoms with Crippen molar-refractivity contribution in [3.05, 3.63) is 132 Å². The maximum atomic E-state index is 14.3. The average molecular weight is 638 g/mol. The summed E-state index contributed by atoms with van der Waals surface area (Å²) in [5.41, 5.74) is 0.0508. The average Bonchev–Trinajstić information content (AvgIpc) is 3.05. The van der Waals surface area contributed by atoms with Crippen molar-refractivity contribution in [1.82, 2.24) is 10.2 Å². The molecule has 45 heavy (non-hydrogen) atoms.